The fraction of sp³-hybridized carbons (Fsp3) is 0.550. The maximum atomic E-state index is 11.8. The fourth-order valence-electron chi connectivity index (χ4n) is 2.18. The summed E-state index contributed by atoms with van der Waals surface area (Å²) >= 11 is 0. The molecule has 0 saturated carbocycles. The molecule has 0 fully saturated rings. The smallest absolute Gasteiger partial charge is 0.407 e. The first kappa shape index (κ1) is 22.5. The number of nitrogens with one attached hydrogen (secondary N) is 3. The van der Waals surface area contributed by atoms with Crippen molar-refractivity contribution >= 4 is 17.9 Å². The lowest BCUT2D eigenvalue weighted by atomic mass is 10.1. The molecule has 0 bridgehead atoms. The second-order valence-electron chi connectivity index (χ2n) is 7.39. The van der Waals surface area contributed by atoms with Crippen molar-refractivity contribution in [2.24, 2.45) is 0 Å². The van der Waals surface area contributed by atoms with Crippen molar-refractivity contribution in [1.82, 2.24) is 16.0 Å². The van der Waals surface area contributed by atoms with Gasteiger partial charge in [-0.25, -0.2) is 4.79 Å². The largest absolute Gasteiger partial charge is 0.444 e. The first-order valence-corrected chi connectivity index (χ1v) is 9.21. The summed E-state index contributed by atoms with van der Waals surface area (Å²) < 4.78 is 5.08. The van der Waals surface area contributed by atoms with E-state index in [2.05, 4.69) is 16.0 Å². The highest BCUT2D eigenvalue weighted by atomic mass is 16.6. The Kier molecular flexibility index (Phi) is 9.33. The molecule has 1 aromatic carbocycles. The van der Waals surface area contributed by atoms with E-state index >= 15 is 0 Å². The van der Waals surface area contributed by atoms with Crippen molar-refractivity contribution in [3.8, 4) is 0 Å². The molecule has 7 nitrogen and oxygen atoms in total. The molecule has 1 aromatic rings. The monoisotopic (exact) mass is 377 g/mol. The first-order chi connectivity index (χ1) is 12.7. The summed E-state index contributed by atoms with van der Waals surface area (Å²) in [5, 5.41) is 8.12. The van der Waals surface area contributed by atoms with Crippen molar-refractivity contribution < 1.29 is 19.1 Å². The number of hydrogen-bond acceptors (Lipinski definition) is 4. The van der Waals surface area contributed by atoms with E-state index in [1.54, 1.807) is 20.8 Å². The van der Waals surface area contributed by atoms with Gasteiger partial charge >= 0.3 is 6.09 Å². The van der Waals surface area contributed by atoms with Crippen LogP contribution in [-0.4, -0.2) is 43.1 Å². The zero-order valence-electron chi connectivity index (χ0n) is 16.7. The quantitative estimate of drug-likeness (QED) is 0.574. The van der Waals surface area contributed by atoms with E-state index in [-0.39, 0.29) is 24.8 Å². The lowest BCUT2D eigenvalue weighted by molar-refractivity contribution is -0.121. The van der Waals surface area contributed by atoms with E-state index in [4.69, 9.17) is 4.74 Å². The third-order valence-electron chi connectivity index (χ3n) is 3.50. The highest BCUT2D eigenvalue weighted by Gasteiger charge is 2.15. The fourth-order valence-corrected chi connectivity index (χ4v) is 2.18. The van der Waals surface area contributed by atoms with Gasteiger partial charge in [-0.05, 0) is 39.7 Å². The van der Waals surface area contributed by atoms with Crippen LogP contribution in [0.2, 0.25) is 0 Å². The number of ether oxygens (including phenoxy) is 1. The maximum absolute atomic E-state index is 11.8. The van der Waals surface area contributed by atoms with E-state index in [0.717, 1.165) is 11.1 Å². The summed E-state index contributed by atoms with van der Waals surface area (Å²) in [4.78, 5) is 35.0. The van der Waals surface area contributed by atoms with E-state index in [1.165, 1.54) is 0 Å². The van der Waals surface area contributed by atoms with Gasteiger partial charge in [0, 0.05) is 26.1 Å². The molecule has 0 aliphatic heterocycles. The molecule has 0 atom stereocenters. The SMILES string of the molecule is Cc1ccc(CC(=O)NCCCNC(=O)CCNC(=O)OC(C)(C)C)cc1. The van der Waals surface area contributed by atoms with Crippen LogP contribution in [0.3, 0.4) is 0 Å². The van der Waals surface area contributed by atoms with Gasteiger partial charge in [0.1, 0.15) is 5.60 Å². The van der Waals surface area contributed by atoms with E-state index in [9.17, 15) is 14.4 Å². The lowest BCUT2D eigenvalue weighted by Crippen LogP contribution is -2.35. The van der Waals surface area contributed by atoms with Crippen LogP contribution >= 0.6 is 0 Å². The molecule has 27 heavy (non-hydrogen) atoms. The molecule has 3 N–H and O–H groups in total. The van der Waals surface area contributed by atoms with E-state index < -0.39 is 11.7 Å². The normalized spacial score (nSPS) is 10.8. The second kappa shape index (κ2) is 11.2. The topological polar surface area (TPSA) is 96.5 Å². The molecule has 0 aromatic heterocycles. The number of alkyl carbamates (subject to hydrolysis) is 1. The Balaban J connectivity index is 2.05. The molecule has 0 heterocycles. The Morgan fingerprint density at radius 3 is 2.07 bits per heavy atom. The zero-order chi connectivity index (χ0) is 20.3. The van der Waals surface area contributed by atoms with Gasteiger partial charge in [-0.2, -0.15) is 0 Å². The number of carbonyl (C=O) groups excluding carboxylic acids is 3. The highest BCUT2D eigenvalue weighted by Crippen LogP contribution is 2.06. The molecular weight excluding hydrogens is 346 g/mol. The third-order valence-corrected chi connectivity index (χ3v) is 3.50. The molecule has 0 saturated heterocycles. The van der Waals surface area contributed by atoms with Gasteiger partial charge in [-0.3, -0.25) is 9.59 Å². The standard InChI is InChI=1S/C20H31N3O4/c1-15-6-8-16(9-7-15)14-18(25)22-12-5-11-21-17(24)10-13-23-19(26)27-20(2,3)4/h6-9H,5,10-14H2,1-4H3,(H,21,24)(H,22,25)(H,23,26). The number of hydrogen-bond donors (Lipinski definition) is 3. The minimum atomic E-state index is -0.559. The lowest BCUT2D eigenvalue weighted by Gasteiger charge is -2.19. The van der Waals surface area contributed by atoms with E-state index in [1.807, 2.05) is 31.2 Å². The molecule has 3 amide bonds. The van der Waals surface area contributed by atoms with Crippen LogP contribution in [0, 0.1) is 6.92 Å². The van der Waals surface area contributed by atoms with Gasteiger partial charge in [-0.1, -0.05) is 29.8 Å². The molecule has 7 heteroatoms. The molecule has 1 rings (SSSR count). The number of carbonyl (C=O) groups is 3. The van der Waals surface area contributed by atoms with Gasteiger partial charge in [0.25, 0.3) is 0 Å². The van der Waals surface area contributed by atoms with Crippen molar-refractivity contribution in [3.05, 3.63) is 35.4 Å². The minimum Gasteiger partial charge on any atom is -0.444 e. The number of rotatable bonds is 9. The van der Waals surface area contributed by atoms with Gasteiger partial charge in [0.2, 0.25) is 11.8 Å². The molecule has 0 aliphatic rings. The minimum absolute atomic E-state index is 0.0354. The Morgan fingerprint density at radius 1 is 0.889 bits per heavy atom. The zero-order valence-corrected chi connectivity index (χ0v) is 16.7. The summed E-state index contributed by atoms with van der Waals surface area (Å²) in [5.74, 6) is -0.191. The first-order valence-electron chi connectivity index (χ1n) is 9.21. The van der Waals surface area contributed by atoms with Gasteiger partial charge in [-0.15, -0.1) is 0 Å². The van der Waals surface area contributed by atoms with Gasteiger partial charge < -0.3 is 20.7 Å². The van der Waals surface area contributed by atoms with Crippen LogP contribution in [0.25, 0.3) is 0 Å². The Bertz CT molecular complexity index is 621. The average Bonchev–Trinajstić information content (AvgIpc) is 2.55. The maximum Gasteiger partial charge on any atom is 0.407 e. The number of benzene rings is 1. The third kappa shape index (κ3) is 11.6. The predicted octanol–water partition coefficient (Wildman–Crippen LogP) is 2.07. The molecule has 0 spiro atoms. The van der Waals surface area contributed by atoms with Gasteiger partial charge in [0.15, 0.2) is 0 Å². The summed E-state index contributed by atoms with van der Waals surface area (Å²) in [6.45, 7) is 8.52. The summed E-state index contributed by atoms with van der Waals surface area (Å²) in [6.07, 6.45) is 0.638. The number of amides is 3. The average molecular weight is 377 g/mol. The molecule has 0 aliphatic carbocycles. The van der Waals surface area contributed by atoms with Crippen molar-refractivity contribution in [3.63, 3.8) is 0 Å². The predicted molar refractivity (Wildman–Crippen MR) is 104 cm³/mol. The van der Waals surface area contributed by atoms with Crippen LogP contribution in [-0.2, 0) is 20.7 Å². The van der Waals surface area contributed by atoms with Crippen molar-refractivity contribution in [1.29, 1.82) is 0 Å². The number of aryl methyl sites for hydroxylation is 1. The van der Waals surface area contributed by atoms with Crippen LogP contribution in [0.15, 0.2) is 24.3 Å². The molecule has 150 valence electrons. The molecule has 0 unspecified atom stereocenters. The van der Waals surface area contributed by atoms with Crippen LogP contribution in [0.5, 0.6) is 0 Å². The second-order valence-corrected chi connectivity index (χ2v) is 7.39. The van der Waals surface area contributed by atoms with E-state index in [0.29, 0.717) is 25.9 Å². The Morgan fingerprint density at radius 2 is 1.48 bits per heavy atom. The summed E-state index contributed by atoms with van der Waals surface area (Å²) in [5.41, 5.74) is 1.58. The Hall–Kier alpha value is -2.57. The van der Waals surface area contributed by atoms with Crippen LogP contribution < -0.4 is 16.0 Å². The summed E-state index contributed by atoms with van der Waals surface area (Å²) in [6, 6.07) is 7.85. The van der Waals surface area contributed by atoms with Crippen LogP contribution in [0.1, 0.15) is 44.7 Å². The van der Waals surface area contributed by atoms with Gasteiger partial charge in [0.05, 0.1) is 6.42 Å². The van der Waals surface area contributed by atoms with Crippen molar-refractivity contribution in [2.75, 3.05) is 19.6 Å². The molecular formula is C20H31N3O4. The highest BCUT2D eigenvalue weighted by molar-refractivity contribution is 5.78. The Labute approximate surface area is 161 Å². The summed E-state index contributed by atoms with van der Waals surface area (Å²) in [7, 11) is 0. The molecule has 0 radical (unpaired) electrons. The van der Waals surface area contributed by atoms with Crippen LogP contribution in [0.4, 0.5) is 4.79 Å². The van der Waals surface area contributed by atoms with Crippen molar-refractivity contribution in [2.45, 2.75) is 52.6 Å².